The standard InChI is InChI=1S/C20H26N2O2/c1-15(2)18(22-17-9-4-3-5-10-17)14-21-20(24)13-12-16-8-6-7-11-19(16)23/h3-11,15,18,22-23H,12-14H2,1-2H3,(H,21,24). The Hall–Kier alpha value is -2.49. The quantitative estimate of drug-likeness (QED) is 0.695. The minimum Gasteiger partial charge on any atom is -0.508 e. The molecule has 0 saturated heterocycles. The van der Waals surface area contributed by atoms with E-state index in [9.17, 15) is 9.90 Å². The second kappa shape index (κ2) is 8.96. The summed E-state index contributed by atoms with van der Waals surface area (Å²) in [7, 11) is 0. The zero-order valence-electron chi connectivity index (χ0n) is 14.3. The van der Waals surface area contributed by atoms with Crippen LogP contribution in [0.15, 0.2) is 54.6 Å². The van der Waals surface area contributed by atoms with Gasteiger partial charge in [-0.2, -0.15) is 0 Å². The van der Waals surface area contributed by atoms with Gasteiger partial charge < -0.3 is 15.7 Å². The molecule has 4 heteroatoms. The SMILES string of the molecule is CC(C)C(CNC(=O)CCc1ccccc1O)Nc1ccccc1. The van der Waals surface area contributed by atoms with Gasteiger partial charge in [-0.15, -0.1) is 0 Å². The fourth-order valence-corrected chi connectivity index (χ4v) is 2.48. The molecule has 3 N–H and O–H groups in total. The number of phenolic OH excluding ortho intramolecular Hbond substituents is 1. The molecule has 0 aliphatic heterocycles. The summed E-state index contributed by atoms with van der Waals surface area (Å²) >= 11 is 0. The van der Waals surface area contributed by atoms with Crippen LogP contribution in [0.5, 0.6) is 5.75 Å². The van der Waals surface area contributed by atoms with Crippen molar-refractivity contribution in [3.05, 3.63) is 60.2 Å². The zero-order chi connectivity index (χ0) is 17.4. The van der Waals surface area contributed by atoms with E-state index in [-0.39, 0.29) is 17.7 Å². The van der Waals surface area contributed by atoms with E-state index in [0.717, 1.165) is 11.3 Å². The maximum atomic E-state index is 12.1. The van der Waals surface area contributed by atoms with Crippen LogP contribution in [0.2, 0.25) is 0 Å². The van der Waals surface area contributed by atoms with Gasteiger partial charge in [-0.1, -0.05) is 50.2 Å². The smallest absolute Gasteiger partial charge is 0.220 e. The van der Waals surface area contributed by atoms with Crippen LogP contribution in [0.3, 0.4) is 0 Å². The lowest BCUT2D eigenvalue weighted by Gasteiger charge is -2.24. The van der Waals surface area contributed by atoms with Crippen LogP contribution in [0.1, 0.15) is 25.8 Å². The number of phenols is 1. The average Bonchev–Trinajstić information content (AvgIpc) is 2.58. The number of hydrogen-bond acceptors (Lipinski definition) is 3. The third-order valence-electron chi connectivity index (χ3n) is 4.06. The lowest BCUT2D eigenvalue weighted by molar-refractivity contribution is -0.121. The molecule has 0 saturated carbocycles. The predicted octanol–water partition coefficient (Wildman–Crippen LogP) is 3.58. The minimum atomic E-state index is -0.00114. The molecule has 0 heterocycles. The second-order valence-electron chi connectivity index (χ2n) is 6.29. The number of rotatable bonds is 8. The van der Waals surface area contributed by atoms with Crippen LogP contribution in [-0.2, 0) is 11.2 Å². The third kappa shape index (κ3) is 5.61. The molecule has 24 heavy (non-hydrogen) atoms. The van der Waals surface area contributed by atoms with Crippen molar-refractivity contribution >= 4 is 11.6 Å². The van der Waals surface area contributed by atoms with Crippen molar-refractivity contribution < 1.29 is 9.90 Å². The molecule has 0 aliphatic carbocycles. The van der Waals surface area contributed by atoms with E-state index in [4.69, 9.17) is 0 Å². The average molecular weight is 326 g/mol. The van der Waals surface area contributed by atoms with Crippen LogP contribution in [-0.4, -0.2) is 23.6 Å². The van der Waals surface area contributed by atoms with Crippen LogP contribution >= 0.6 is 0 Å². The van der Waals surface area contributed by atoms with Gasteiger partial charge in [0.05, 0.1) is 0 Å². The van der Waals surface area contributed by atoms with E-state index in [1.54, 1.807) is 12.1 Å². The number of benzene rings is 2. The number of hydrogen-bond donors (Lipinski definition) is 3. The van der Waals surface area contributed by atoms with Gasteiger partial charge in [-0.05, 0) is 36.1 Å². The summed E-state index contributed by atoms with van der Waals surface area (Å²) in [5.41, 5.74) is 1.86. The predicted molar refractivity (Wildman–Crippen MR) is 98.1 cm³/mol. The van der Waals surface area contributed by atoms with Crippen LogP contribution < -0.4 is 10.6 Å². The maximum Gasteiger partial charge on any atom is 0.220 e. The Kier molecular flexibility index (Phi) is 6.67. The maximum absolute atomic E-state index is 12.1. The van der Waals surface area contributed by atoms with E-state index in [2.05, 4.69) is 24.5 Å². The largest absolute Gasteiger partial charge is 0.508 e. The molecule has 2 aromatic carbocycles. The first-order valence-corrected chi connectivity index (χ1v) is 8.41. The first-order valence-electron chi connectivity index (χ1n) is 8.41. The van der Waals surface area contributed by atoms with Gasteiger partial charge in [-0.3, -0.25) is 4.79 Å². The Balaban J connectivity index is 1.81. The number of para-hydroxylation sites is 2. The van der Waals surface area contributed by atoms with Gasteiger partial charge in [-0.25, -0.2) is 0 Å². The van der Waals surface area contributed by atoms with Gasteiger partial charge in [0, 0.05) is 24.7 Å². The van der Waals surface area contributed by atoms with E-state index in [1.807, 2.05) is 42.5 Å². The summed E-state index contributed by atoms with van der Waals surface area (Å²) < 4.78 is 0. The number of anilines is 1. The van der Waals surface area contributed by atoms with Crippen molar-refractivity contribution in [2.24, 2.45) is 5.92 Å². The number of aryl methyl sites for hydroxylation is 1. The van der Waals surface area contributed by atoms with Gasteiger partial charge in [0.1, 0.15) is 5.75 Å². The molecule has 0 radical (unpaired) electrons. The van der Waals surface area contributed by atoms with E-state index in [0.29, 0.717) is 25.3 Å². The topological polar surface area (TPSA) is 61.4 Å². The lowest BCUT2D eigenvalue weighted by Crippen LogP contribution is -2.39. The molecule has 4 nitrogen and oxygen atoms in total. The van der Waals surface area contributed by atoms with Gasteiger partial charge >= 0.3 is 0 Å². The monoisotopic (exact) mass is 326 g/mol. The first kappa shape index (κ1) is 17.9. The Morgan fingerprint density at radius 1 is 1.04 bits per heavy atom. The summed E-state index contributed by atoms with van der Waals surface area (Å²) in [6.07, 6.45) is 0.907. The van der Waals surface area contributed by atoms with Gasteiger partial charge in [0.2, 0.25) is 5.91 Å². The molecule has 2 aromatic rings. The fourth-order valence-electron chi connectivity index (χ4n) is 2.48. The Morgan fingerprint density at radius 3 is 2.38 bits per heavy atom. The highest BCUT2D eigenvalue weighted by molar-refractivity contribution is 5.76. The van der Waals surface area contributed by atoms with E-state index >= 15 is 0 Å². The number of nitrogens with one attached hydrogen (secondary N) is 2. The van der Waals surface area contributed by atoms with Gasteiger partial charge in [0.25, 0.3) is 0 Å². The molecule has 128 valence electrons. The zero-order valence-corrected chi connectivity index (χ0v) is 14.3. The molecule has 0 fully saturated rings. The summed E-state index contributed by atoms with van der Waals surface area (Å²) in [5.74, 6) is 0.638. The molecule has 1 atom stereocenters. The van der Waals surface area contributed by atoms with E-state index in [1.165, 1.54) is 0 Å². The normalized spacial score (nSPS) is 12.0. The summed E-state index contributed by atoms with van der Waals surface area (Å²) in [5, 5.41) is 16.2. The second-order valence-corrected chi connectivity index (χ2v) is 6.29. The molecule has 0 aliphatic rings. The van der Waals surface area contributed by atoms with Crippen molar-refractivity contribution in [2.45, 2.75) is 32.7 Å². The van der Waals surface area contributed by atoms with Crippen molar-refractivity contribution in [1.82, 2.24) is 5.32 Å². The molecular formula is C20H26N2O2. The first-order chi connectivity index (χ1) is 11.6. The molecular weight excluding hydrogens is 300 g/mol. The number of carbonyl (C=O) groups excluding carboxylic acids is 1. The van der Waals surface area contributed by atoms with Crippen molar-refractivity contribution in [3.63, 3.8) is 0 Å². The number of aromatic hydroxyl groups is 1. The van der Waals surface area contributed by atoms with Crippen molar-refractivity contribution in [1.29, 1.82) is 0 Å². The Labute approximate surface area is 143 Å². The molecule has 1 unspecified atom stereocenters. The van der Waals surface area contributed by atoms with Gasteiger partial charge in [0.15, 0.2) is 0 Å². The highest BCUT2D eigenvalue weighted by Crippen LogP contribution is 2.17. The fraction of sp³-hybridized carbons (Fsp3) is 0.350. The van der Waals surface area contributed by atoms with Crippen LogP contribution in [0.4, 0.5) is 5.69 Å². The molecule has 0 bridgehead atoms. The molecule has 0 aromatic heterocycles. The molecule has 2 rings (SSSR count). The Morgan fingerprint density at radius 2 is 1.71 bits per heavy atom. The third-order valence-corrected chi connectivity index (χ3v) is 4.06. The van der Waals surface area contributed by atoms with Crippen LogP contribution in [0, 0.1) is 5.92 Å². The molecule has 0 spiro atoms. The number of carbonyl (C=O) groups is 1. The van der Waals surface area contributed by atoms with Crippen molar-refractivity contribution in [2.75, 3.05) is 11.9 Å². The lowest BCUT2D eigenvalue weighted by atomic mass is 10.0. The highest BCUT2D eigenvalue weighted by atomic mass is 16.3. The highest BCUT2D eigenvalue weighted by Gasteiger charge is 2.14. The van der Waals surface area contributed by atoms with Crippen LogP contribution in [0.25, 0.3) is 0 Å². The van der Waals surface area contributed by atoms with E-state index < -0.39 is 0 Å². The van der Waals surface area contributed by atoms with Crippen molar-refractivity contribution in [3.8, 4) is 5.75 Å². The summed E-state index contributed by atoms with van der Waals surface area (Å²) in [6, 6.07) is 17.3. The minimum absolute atomic E-state index is 0.00114. The number of amides is 1. The summed E-state index contributed by atoms with van der Waals surface area (Å²) in [6.45, 7) is 4.84. The Bertz CT molecular complexity index is 641. The molecule has 1 amide bonds. The summed E-state index contributed by atoms with van der Waals surface area (Å²) in [4.78, 5) is 12.1.